The maximum absolute atomic E-state index is 11.6. The highest BCUT2D eigenvalue weighted by atomic mass is 16.5. The van der Waals surface area contributed by atoms with Crippen LogP contribution >= 0.6 is 0 Å². The van der Waals surface area contributed by atoms with E-state index in [2.05, 4.69) is 19.3 Å². The minimum atomic E-state index is -0.119. The molecule has 0 unspecified atom stereocenters. The Hall–Kier alpha value is -2.28. The molecule has 0 atom stereocenters. The highest BCUT2D eigenvalue weighted by Crippen LogP contribution is 2.39. The third-order valence-electron chi connectivity index (χ3n) is 6.65. The standard InChI is InChI=1S/C31H54N2O5/c1-3-5-7-9-13-17-21-36-28-24-27(26-34)25-29(31(28)38-23-19-14-10-8-6-4-2)37-22-18-15-11-12-16-20-30(35)33-32/h24-26H,3-23,32H2,1-2H3,(H,33,35). The fraction of sp³-hybridized carbons (Fsp3) is 0.742. The molecule has 1 aromatic rings. The van der Waals surface area contributed by atoms with Crippen molar-refractivity contribution >= 4 is 12.2 Å². The summed E-state index contributed by atoms with van der Waals surface area (Å²) in [6.45, 7) is 6.19. The number of aldehydes is 1. The van der Waals surface area contributed by atoms with Crippen LogP contribution in [-0.2, 0) is 4.79 Å². The zero-order chi connectivity index (χ0) is 27.7. The first-order chi connectivity index (χ1) is 18.7. The van der Waals surface area contributed by atoms with E-state index >= 15 is 0 Å². The van der Waals surface area contributed by atoms with Crippen LogP contribution in [0, 0.1) is 0 Å². The highest BCUT2D eigenvalue weighted by Gasteiger charge is 2.16. The Morgan fingerprint density at radius 1 is 0.684 bits per heavy atom. The Morgan fingerprint density at radius 2 is 1.11 bits per heavy atom. The molecule has 0 aliphatic carbocycles. The summed E-state index contributed by atoms with van der Waals surface area (Å²) < 4.78 is 18.5. The van der Waals surface area contributed by atoms with Crippen LogP contribution in [0.3, 0.4) is 0 Å². The quantitative estimate of drug-likeness (QED) is 0.0415. The third kappa shape index (κ3) is 16.5. The molecule has 0 spiro atoms. The molecule has 7 heteroatoms. The fourth-order valence-corrected chi connectivity index (χ4v) is 4.32. The van der Waals surface area contributed by atoms with Crippen LogP contribution in [0.1, 0.15) is 140 Å². The van der Waals surface area contributed by atoms with Gasteiger partial charge in [-0.05, 0) is 37.8 Å². The molecule has 7 nitrogen and oxygen atoms in total. The zero-order valence-corrected chi connectivity index (χ0v) is 24.2. The first kappa shape index (κ1) is 33.7. The van der Waals surface area contributed by atoms with Gasteiger partial charge in [0.2, 0.25) is 11.7 Å². The van der Waals surface area contributed by atoms with Crippen LogP contribution in [0.2, 0.25) is 0 Å². The van der Waals surface area contributed by atoms with Crippen LogP contribution < -0.4 is 25.5 Å². The van der Waals surface area contributed by atoms with Gasteiger partial charge in [0.15, 0.2) is 11.5 Å². The lowest BCUT2D eigenvalue weighted by Crippen LogP contribution is -2.29. The largest absolute Gasteiger partial charge is 0.490 e. The molecular weight excluding hydrogens is 480 g/mol. The van der Waals surface area contributed by atoms with Gasteiger partial charge in [-0.3, -0.25) is 15.0 Å². The van der Waals surface area contributed by atoms with Gasteiger partial charge in [0.25, 0.3) is 0 Å². The normalized spacial score (nSPS) is 10.8. The number of nitrogens with two attached hydrogens (primary N) is 1. The molecule has 1 rings (SSSR count). The lowest BCUT2D eigenvalue weighted by molar-refractivity contribution is -0.121. The van der Waals surface area contributed by atoms with E-state index in [9.17, 15) is 9.59 Å². The van der Waals surface area contributed by atoms with Crippen molar-refractivity contribution in [2.24, 2.45) is 5.84 Å². The molecule has 0 bridgehead atoms. The van der Waals surface area contributed by atoms with E-state index in [1.165, 1.54) is 51.4 Å². The number of hydrogen-bond acceptors (Lipinski definition) is 6. The molecule has 3 N–H and O–H groups in total. The van der Waals surface area contributed by atoms with Crippen molar-refractivity contribution in [3.05, 3.63) is 17.7 Å². The van der Waals surface area contributed by atoms with Crippen LogP contribution in [-0.4, -0.2) is 32.0 Å². The van der Waals surface area contributed by atoms with E-state index in [0.29, 0.717) is 49.1 Å². The second-order valence-corrected chi connectivity index (χ2v) is 10.1. The maximum atomic E-state index is 11.6. The molecule has 0 saturated heterocycles. The van der Waals surface area contributed by atoms with E-state index in [1.807, 2.05) is 0 Å². The van der Waals surface area contributed by atoms with Gasteiger partial charge < -0.3 is 14.2 Å². The van der Waals surface area contributed by atoms with Gasteiger partial charge in [-0.2, -0.15) is 0 Å². The second-order valence-electron chi connectivity index (χ2n) is 10.1. The summed E-state index contributed by atoms with van der Waals surface area (Å²) >= 11 is 0. The smallest absolute Gasteiger partial charge is 0.233 e. The summed E-state index contributed by atoms with van der Waals surface area (Å²) in [5, 5.41) is 0. The van der Waals surface area contributed by atoms with E-state index in [4.69, 9.17) is 20.1 Å². The molecule has 1 amide bonds. The first-order valence-electron chi connectivity index (χ1n) is 15.2. The molecule has 218 valence electrons. The number of hydrogen-bond donors (Lipinski definition) is 2. The van der Waals surface area contributed by atoms with E-state index < -0.39 is 0 Å². The maximum Gasteiger partial charge on any atom is 0.233 e. The van der Waals surface area contributed by atoms with Gasteiger partial charge in [0, 0.05) is 12.0 Å². The molecule has 38 heavy (non-hydrogen) atoms. The van der Waals surface area contributed by atoms with Gasteiger partial charge in [-0.15, -0.1) is 0 Å². The van der Waals surface area contributed by atoms with Crippen molar-refractivity contribution in [2.45, 2.75) is 129 Å². The molecular formula is C31H54N2O5. The van der Waals surface area contributed by atoms with E-state index in [-0.39, 0.29) is 5.91 Å². The van der Waals surface area contributed by atoms with Gasteiger partial charge >= 0.3 is 0 Å². The van der Waals surface area contributed by atoms with Crippen LogP contribution in [0.4, 0.5) is 0 Å². The third-order valence-corrected chi connectivity index (χ3v) is 6.65. The number of rotatable bonds is 26. The van der Waals surface area contributed by atoms with Crippen molar-refractivity contribution in [1.29, 1.82) is 0 Å². The summed E-state index contributed by atoms with van der Waals surface area (Å²) in [7, 11) is 0. The monoisotopic (exact) mass is 534 g/mol. The molecule has 0 saturated carbocycles. The van der Waals surface area contributed by atoms with Gasteiger partial charge in [0.1, 0.15) is 6.29 Å². The molecule has 0 aliphatic heterocycles. The van der Waals surface area contributed by atoms with E-state index in [1.54, 1.807) is 12.1 Å². The number of carbonyl (C=O) groups is 2. The Kier molecular flexibility index (Phi) is 21.1. The lowest BCUT2D eigenvalue weighted by Gasteiger charge is -2.18. The van der Waals surface area contributed by atoms with Crippen LogP contribution in [0.15, 0.2) is 12.1 Å². The van der Waals surface area contributed by atoms with Crippen molar-refractivity contribution in [2.75, 3.05) is 19.8 Å². The molecule has 0 fully saturated rings. The lowest BCUT2D eigenvalue weighted by atomic mass is 10.1. The topological polar surface area (TPSA) is 99.9 Å². The Balaban J connectivity index is 2.66. The number of unbranched alkanes of at least 4 members (excludes halogenated alkanes) is 14. The number of ether oxygens (including phenoxy) is 3. The van der Waals surface area contributed by atoms with Crippen molar-refractivity contribution in [3.63, 3.8) is 0 Å². The molecule has 1 aromatic carbocycles. The average Bonchev–Trinajstić information content (AvgIpc) is 2.93. The Bertz CT molecular complexity index is 741. The minimum Gasteiger partial charge on any atom is -0.490 e. The number of carbonyl (C=O) groups excluding carboxylic acids is 2. The molecule has 0 heterocycles. The molecule has 0 radical (unpaired) electrons. The number of amides is 1. The number of nitrogens with one attached hydrogen (secondary N) is 1. The Labute approximate surface area is 231 Å². The summed E-state index contributed by atoms with van der Waals surface area (Å²) in [5.41, 5.74) is 2.69. The predicted octanol–water partition coefficient (Wildman–Crippen LogP) is 7.69. The minimum absolute atomic E-state index is 0.119. The second kappa shape index (κ2) is 23.8. The highest BCUT2D eigenvalue weighted by molar-refractivity contribution is 5.78. The SMILES string of the molecule is CCCCCCCCOc1cc(C=O)cc(OCCCCCCCC(=O)NN)c1OCCCCCCCC. The summed E-state index contributed by atoms with van der Waals surface area (Å²) in [6.07, 6.45) is 20.3. The van der Waals surface area contributed by atoms with Crippen LogP contribution in [0.25, 0.3) is 0 Å². The predicted molar refractivity (Wildman–Crippen MR) is 155 cm³/mol. The summed E-state index contributed by atoms with van der Waals surface area (Å²) in [4.78, 5) is 22.8. The van der Waals surface area contributed by atoms with Gasteiger partial charge in [-0.1, -0.05) is 97.3 Å². The van der Waals surface area contributed by atoms with E-state index in [0.717, 1.165) is 64.1 Å². The fourth-order valence-electron chi connectivity index (χ4n) is 4.32. The summed E-state index contributed by atoms with van der Waals surface area (Å²) in [5.74, 6) is 6.79. The number of hydrazine groups is 1. The van der Waals surface area contributed by atoms with Gasteiger partial charge in [-0.25, -0.2) is 5.84 Å². The van der Waals surface area contributed by atoms with Crippen molar-refractivity contribution < 1.29 is 23.8 Å². The number of benzene rings is 1. The zero-order valence-electron chi connectivity index (χ0n) is 24.2. The summed E-state index contributed by atoms with van der Waals surface area (Å²) in [6, 6.07) is 3.53. The van der Waals surface area contributed by atoms with Crippen molar-refractivity contribution in [1.82, 2.24) is 5.43 Å². The van der Waals surface area contributed by atoms with Crippen molar-refractivity contribution in [3.8, 4) is 17.2 Å². The van der Waals surface area contributed by atoms with Gasteiger partial charge in [0.05, 0.1) is 19.8 Å². The van der Waals surface area contributed by atoms with Crippen LogP contribution in [0.5, 0.6) is 17.2 Å². The first-order valence-corrected chi connectivity index (χ1v) is 15.2. The Morgan fingerprint density at radius 3 is 1.55 bits per heavy atom. The average molecular weight is 535 g/mol. The molecule has 0 aromatic heterocycles. The molecule has 0 aliphatic rings.